The third kappa shape index (κ3) is 20.3. The van der Waals surface area contributed by atoms with Crippen LogP contribution >= 0.6 is 0 Å². The van der Waals surface area contributed by atoms with Gasteiger partial charge in [-0.1, -0.05) is 147 Å². The van der Waals surface area contributed by atoms with E-state index in [-0.39, 0.29) is 0 Å². The number of aliphatic carboxylic acids is 2. The van der Waals surface area contributed by atoms with E-state index in [4.69, 9.17) is 10.2 Å². The zero-order chi connectivity index (χ0) is 30.7. The summed E-state index contributed by atoms with van der Waals surface area (Å²) in [6, 6.07) is 0. The summed E-state index contributed by atoms with van der Waals surface area (Å²) >= 11 is 0. The molecular formula is C38H68O4. The Morgan fingerprint density at radius 3 is 1.55 bits per heavy atom. The van der Waals surface area contributed by atoms with Crippen molar-refractivity contribution in [2.45, 2.75) is 181 Å². The van der Waals surface area contributed by atoms with Crippen molar-refractivity contribution in [2.75, 3.05) is 0 Å². The number of carbonyl (C=O) groups is 2. The highest BCUT2D eigenvalue weighted by molar-refractivity contribution is 5.66. The fourth-order valence-corrected chi connectivity index (χ4v) is 6.93. The predicted octanol–water partition coefficient (Wildman–Crippen LogP) is 11.9. The normalized spacial score (nSPS) is 20.4. The van der Waals surface area contributed by atoms with Gasteiger partial charge in [0.15, 0.2) is 0 Å². The van der Waals surface area contributed by atoms with Crippen LogP contribution in [0.5, 0.6) is 0 Å². The highest BCUT2D eigenvalue weighted by atomic mass is 16.4. The van der Waals surface area contributed by atoms with Crippen LogP contribution in [0.15, 0.2) is 24.3 Å². The Labute approximate surface area is 260 Å². The smallest absolute Gasteiger partial charge is 0.303 e. The van der Waals surface area contributed by atoms with Gasteiger partial charge in [-0.05, 0) is 68.6 Å². The first-order valence-corrected chi connectivity index (χ1v) is 18.3. The van der Waals surface area contributed by atoms with E-state index in [1.807, 2.05) is 0 Å². The lowest BCUT2D eigenvalue weighted by Gasteiger charge is -2.39. The van der Waals surface area contributed by atoms with E-state index in [0.29, 0.717) is 36.5 Å². The van der Waals surface area contributed by atoms with Gasteiger partial charge in [0.25, 0.3) is 0 Å². The van der Waals surface area contributed by atoms with Crippen LogP contribution in [0.1, 0.15) is 181 Å². The summed E-state index contributed by atoms with van der Waals surface area (Å²) in [4.78, 5) is 21.6. The molecule has 1 aliphatic carbocycles. The van der Waals surface area contributed by atoms with Crippen molar-refractivity contribution >= 4 is 11.9 Å². The van der Waals surface area contributed by atoms with Gasteiger partial charge in [0.2, 0.25) is 0 Å². The van der Waals surface area contributed by atoms with E-state index in [1.54, 1.807) is 0 Å². The molecule has 0 aromatic heterocycles. The number of allylic oxidation sites excluding steroid dienone is 4. The van der Waals surface area contributed by atoms with Gasteiger partial charge in [-0.2, -0.15) is 0 Å². The van der Waals surface area contributed by atoms with Gasteiger partial charge in [-0.15, -0.1) is 0 Å². The van der Waals surface area contributed by atoms with E-state index in [0.717, 1.165) is 38.5 Å². The molecular weight excluding hydrogens is 520 g/mol. The second-order valence-corrected chi connectivity index (χ2v) is 13.2. The molecule has 0 saturated heterocycles. The van der Waals surface area contributed by atoms with E-state index in [2.05, 4.69) is 38.2 Å². The average molecular weight is 589 g/mol. The Balaban J connectivity index is 2.79. The number of hydrogen-bond donors (Lipinski definition) is 2. The molecule has 0 fully saturated rings. The number of rotatable bonds is 29. The van der Waals surface area contributed by atoms with Gasteiger partial charge in [0, 0.05) is 12.8 Å². The Bertz CT molecular complexity index is 712. The summed E-state index contributed by atoms with van der Waals surface area (Å²) in [5.74, 6) is 1.31. The average Bonchev–Trinajstić information content (AvgIpc) is 2.96. The molecule has 0 saturated carbocycles. The summed E-state index contributed by atoms with van der Waals surface area (Å²) in [5, 5.41) is 17.8. The number of unbranched alkanes of at least 4 members (excludes halogenated alkanes) is 17. The molecule has 42 heavy (non-hydrogen) atoms. The van der Waals surface area contributed by atoms with Gasteiger partial charge in [0.1, 0.15) is 0 Å². The molecule has 0 radical (unpaired) electrons. The standard InChI is InChI=1S/C38H68O4/c1-3-5-7-9-10-11-15-21-27-35-33(25-19-8-6-4-2)31-32-34(26-20-14-12-17-23-29-37(39)40)36(35)28-22-16-13-18-24-30-38(41)42/h21,27,31-36H,3-20,22-26,28-30H2,1-2H3,(H,39,40)(H,41,42)/b27-21-. The van der Waals surface area contributed by atoms with Gasteiger partial charge in [-0.25, -0.2) is 0 Å². The monoisotopic (exact) mass is 589 g/mol. The van der Waals surface area contributed by atoms with E-state index in [1.165, 1.54) is 116 Å². The molecule has 244 valence electrons. The van der Waals surface area contributed by atoms with Crippen molar-refractivity contribution in [3.63, 3.8) is 0 Å². The summed E-state index contributed by atoms with van der Waals surface area (Å²) in [6.07, 6.45) is 40.3. The molecule has 0 aromatic rings. The highest BCUT2D eigenvalue weighted by Crippen LogP contribution is 2.43. The molecule has 0 heterocycles. The Morgan fingerprint density at radius 2 is 0.976 bits per heavy atom. The molecule has 0 spiro atoms. The van der Waals surface area contributed by atoms with Crippen LogP contribution in [-0.2, 0) is 9.59 Å². The molecule has 2 N–H and O–H groups in total. The number of carboxylic acid groups (broad SMARTS) is 2. The van der Waals surface area contributed by atoms with E-state index >= 15 is 0 Å². The van der Waals surface area contributed by atoms with Crippen molar-refractivity contribution < 1.29 is 19.8 Å². The largest absolute Gasteiger partial charge is 0.481 e. The van der Waals surface area contributed by atoms with Gasteiger partial charge in [-0.3, -0.25) is 9.59 Å². The third-order valence-electron chi connectivity index (χ3n) is 9.47. The van der Waals surface area contributed by atoms with E-state index in [9.17, 15) is 9.59 Å². The summed E-state index contributed by atoms with van der Waals surface area (Å²) < 4.78 is 0. The van der Waals surface area contributed by atoms with Crippen LogP contribution in [0.2, 0.25) is 0 Å². The van der Waals surface area contributed by atoms with Crippen molar-refractivity contribution in [1.29, 1.82) is 0 Å². The lowest BCUT2D eigenvalue weighted by atomic mass is 9.66. The second-order valence-electron chi connectivity index (χ2n) is 13.2. The summed E-state index contributed by atoms with van der Waals surface area (Å²) in [7, 11) is 0. The maximum atomic E-state index is 10.8. The molecule has 4 heteroatoms. The number of carboxylic acids is 2. The van der Waals surface area contributed by atoms with Crippen molar-refractivity contribution in [3.05, 3.63) is 24.3 Å². The Morgan fingerprint density at radius 1 is 0.548 bits per heavy atom. The minimum atomic E-state index is -0.674. The van der Waals surface area contributed by atoms with E-state index < -0.39 is 11.9 Å². The topological polar surface area (TPSA) is 74.6 Å². The Kier molecular flexibility index (Phi) is 24.7. The molecule has 0 bridgehead atoms. The lowest BCUT2D eigenvalue weighted by molar-refractivity contribution is -0.138. The Hall–Kier alpha value is -1.58. The van der Waals surface area contributed by atoms with Crippen molar-refractivity contribution in [2.24, 2.45) is 23.7 Å². The van der Waals surface area contributed by atoms with Gasteiger partial charge < -0.3 is 10.2 Å². The van der Waals surface area contributed by atoms with Crippen molar-refractivity contribution in [1.82, 2.24) is 0 Å². The van der Waals surface area contributed by atoms with Gasteiger partial charge >= 0.3 is 11.9 Å². The summed E-state index contributed by atoms with van der Waals surface area (Å²) in [5.41, 5.74) is 0. The van der Waals surface area contributed by atoms with Gasteiger partial charge in [0.05, 0.1) is 0 Å². The second kappa shape index (κ2) is 27.0. The van der Waals surface area contributed by atoms with Crippen LogP contribution in [0, 0.1) is 23.7 Å². The summed E-state index contributed by atoms with van der Waals surface area (Å²) in [6.45, 7) is 4.58. The first-order chi connectivity index (χ1) is 20.5. The molecule has 4 atom stereocenters. The van der Waals surface area contributed by atoms with Crippen LogP contribution in [0.4, 0.5) is 0 Å². The zero-order valence-corrected chi connectivity index (χ0v) is 27.7. The molecule has 1 rings (SSSR count). The number of hydrogen-bond acceptors (Lipinski definition) is 2. The van der Waals surface area contributed by atoms with Crippen LogP contribution in [0.25, 0.3) is 0 Å². The first-order valence-electron chi connectivity index (χ1n) is 18.3. The lowest BCUT2D eigenvalue weighted by Crippen LogP contribution is -2.30. The predicted molar refractivity (Wildman–Crippen MR) is 179 cm³/mol. The molecule has 4 unspecified atom stereocenters. The zero-order valence-electron chi connectivity index (χ0n) is 27.7. The quantitative estimate of drug-likeness (QED) is 0.0673. The molecule has 0 amide bonds. The minimum Gasteiger partial charge on any atom is -0.481 e. The maximum absolute atomic E-state index is 10.8. The van der Waals surface area contributed by atoms with Crippen molar-refractivity contribution in [3.8, 4) is 0 Å². The first kappa shape index (κ1) is 38.4. The molecule has 1 aliphatic rings. The SMILES string of the molecule is CCCCCCCC/C=C\C1C(CCCCCC)C=CC(CCCCCCCC(=O)O)C1CCCCCCCC(=O)O. The minimum absolute atomic E-state index is 0.302. The third-order valence-corrected chi connectivity index (χ3v) is 9.47. The molecule has 0 aromatic carbocycles. The van der Waals surface area contributed by atoms with Crippen LogP contribution < -0.4 is 0 Å². The van der Waals surface area contributed by atoms with Crippen LogP contribution in [0.3, 0.4) is 0 Å². The van der Waals surface area contributed by atoms with Crippen LogP contribution in [-0.4, -0.2) is 22.2 Å². The fourth-order valence-electron chi connectivity index (χ4n) is 6.93. The highest BCUT2D eigenvalue weighted by Gasteiger charge is 2.33. The molecule has 4 nitrogen and oxygen atoms in total. The fraction of sp³-hybridized carbons (Fsp3) is 0.842. The maximum Gasteiger partial charge on any atom is 0.303 e. The molecule has 0 aliphatic heterocycles.